The highest BCUT2D eigenvalue weighted by atomic mass is 127. The van der Waals surface area contributed by atoms with Gasteiger partial charge in [-0.1, -0.05) is 12.1 Å². The van der Waals surface area contributed by atoms with Gasteiger partial charge in [0, 0.05) is 9.61 Å². The van der Waals surface area contributed by atoms with Crippen molar-refractivity contribution in [3.8, 4) is 0 Å². The van der Waals surface area contributed by atoms with Crippen LogP contribution in [0.1, 0.15) is 24.4 Å². The lowest BCUT2D eigenvalue weighted by atomic mass is 10.1. The van der Waals surface area contributed by atoms with Crippen LogP contribution in [-0.2, 0) is 6.54 Å². The molecule has 0 fully saturated rings. The molecule has 1 aromatic heterocycles. The van der Waals surface area contributed by atoms with E-state index in [0.717, 1.165) is 5.82 Å². The number of hydrogen-bond acceptors (Lipinski definition) is 3. The van der Waals surface area contributed by atoms with Crippen molar-refractivity contribution >= 4 is 22.6 Å². The van der Waals surface area contributed by atoms with Gasteiger partial charge in [-0.15, -0.1) is 0 Å². The second-order valence-electron chi connectivity index (χ2n) is 3.59. The van der Waals surface area contributed by atoms with Crippen LogP contribution in [0.2, 0.25) is 0 Å². The molecule has 5 heteroatoms. The zero-order valence-corrected chi connectivity index (χ0v) is 11.1. The summed E-state index contributed by atoms with van der Waals surface area (Å²) in [5, 5.41) is 10.0. The number of halogens is 1. The highest BCUT2D eigenvalue weighted by Gasteiger charge is 2.05. The second-order valence-corrected chi connectivity index (χ2v) is 4.83. The van der Waals surface area contributed by atoms with Crippen molar-refractivity contribution in [3.05, 3.63) is 45.6 Å². The molecule has 0 aliphatic heterocycles. The van der Waals surface area contributed by atoms with E-state index in [9.17, 15) is 0 Å². The van der Waals surface area contributed by atoms with E-state index in [1.807, 2.05) is 0 Å². The molecule has 1 unspecified atom stereocenters. The standard InChI is InChI=1S/C11H13IN4/c1-8(9-2-4-10(12)5-3-9)13-6-11-14-7-15-16-11/h2-5,7-8,13H,6H2,1H3,(H,14,15,16). The second kappa shape index (κ2) is 5.40. The van der Waals surface area contributed by atoms with Crippen LogP contribution in [0.4, 0.5) is 0 Å². The van der Waals surface area contributed by atoms with Crippen LogP contribution in [0.3, 0.4) is 0 Å². The Morgan fingerprint density at radius 3 is 2.75 bits per heavy atom. The van der Waals surface area contributed by atoms with Crippen LogP contribution in [0.25, 0.3) is 0 Å². The van der Waals surface area contributed by atoms with Gasteiger partial charge in [-0.25, -0.2) is 4.98 Å². The first kappa shape index (κ1) is 11.5. The minimum absolute atomic E-state index is 0.307. The minimum atomic E-state index is 0.307. The molecule has 16 heavy (non-hydrogen) atoms. The fourth-order valence-corrected chi connectivity index (χ4v) is 1.79. The van der Waals surface area contributed by atoms with E-state index in [0.29, 0.717) is 12.6 Å². The SMILES string of the molecule is CC(NCc1ncn[nH]1)c1ccc(I)cc1. The first-order chi connectivity index (χ1) is 7.75. The molecule has 0 amide bonds. The molecule has 4 nitrogen and oxygen atoms in total. The molecule has 0 radical (unpaired) electrons. The van der Waals surface area contributed by atoms with E-state index >= 15 is 0 Å². The van der Waals surface area contributed by atoms with Gasteiger partial charge >= 0.3 is 0 Å². The smallest absolute Gasteiger partial charge is 0.138 e. The van der Waals surface area contributed by atoms with Crippen molar-refractivity contribution in [2.45, 2.75) is 19.5 Å². The van der Waals surface area contributed by atoms with Gasteiger partial charge in [-0.05, 0) is 47.2 Å². The lowest BCUT2D eigenvalue weighted by Crippen LogP contribution is -2.18. The molecule has 1 heterocycles. The Morgan fingerprint density at radius 1 is 1.38 bits per heavy atom. The summed E-state index contributed by atoms with van der Waals surface area (Å²) in [5.74, 6) is 0.859. The molecular formula is C11H13IN4. The van der Waals surface area contributed by atoms with Gasteiger partial charge in [0.1, 0.15) is 12.2 Å². The summed E-state index contributed by atoms with van der Waals surface area (Å²) in [6, 6.07) is 8.81. The Labute approximate surface area is 108 Å². The van der Waals surface area contributed by atoms with E-state index in [4.69, 9.17) is 0 Å². The van der Waals surface area contributed by atoms with Crippen molar-refractivity contribution in [1.82, 2.24) is 20.5 Å². The average molecular weight is 328 g/mol. The topological polar surface area (TPSA) is 53.6 Å². The first-order valence-electron chi connectivity index (χ1n) is 5.09. The predicted octanol–water partition coefficient (Wildman–Crippen LogP) is 2.26. The molecule has 84 valence electrons. The predicted molar refractivity (Wildman–Crippen MR) is 70.8 cm³/mol. The van der Waals surface area contributed by atoms with Gasteiger partial charge < -0.3 is 5.32 Å². The Kier molecular flexibility index (Phi) is 3.89. The number of H-pyrrole nitrogens is 1. The number of rotatable bonds is 4. The largest absolute Gasteiger partial charge is 0.303 e. The summed E-state index contributed by atoms with van der Waals surface area (Å²) in [6.45, 7) is 2.84. The third-order valence-electron chi connectivity index (χ3n) is 2.41. The molecule has 0 saturated heterocycles. The molecule has 2 rings (SSSR count). The van der Waals surface area contributed by atoms with Crippen LogP contribution in [0, 0.1) is 3.57 Å². The molecule has 1 aromatic carbocycles. The van der Waals surface area contributed by atoms with Gasteiger partial charge in [0.25, 0.3) is 0 Å². The Morgan fingerprint density at radius 2 is 2.12 bits per heavy atom. The summed E-state index contributed by atoms with van der Waals surface area (Å²) < 4.78 is 1.25. The van der Waals surface area contributed by atoms with E-state index in [1.165, 1.54) is 15.5 Å². The van der Waals surface area contributed by atoms with Crippen molar-refractivity contribution in [2.75, 3.05) is 0 Å². The number of aromatic amines is 1. The van der Waals surface area contributed by atoms with Gasteiger partial charge in [0.2, 0.25) is 0 Å². The van der Waals surface area contributed by atoms with E-state index in [-0.39, 0.29) is 0 Å². The molecule has 0 spiro atoms. The van der Waals surface area contributed by atoms with Gasteiger partial charge in [0.15, 0.2) is 0 Å². The van der Waals surface area contributed by atoms with Crippen molar-refractivity contribution < 1.29 is 0 Å². The molecule has 2 N–H and O–H groups in total. The molecule has 0 aliphatic carbocycles. The maximum Gasteiger partial charge on any atom is 0.138 e. The van der Waals surface area contributed by atoms with Crippen molar-refractivity contribution in [2.24, 2.45) is 0 Å². The average Bonchev–Trinajstić information content (AvgIpc) is 2.80. The third-order valence-corrected chi connectivity index (χ3v) is 3.13. The van der Waals surface area contributed by atoms with Crippen LogP contribution in [0.15, 0.2) is 30.6 Å². The summed E-state index contributed by atoms with van der Waals surface area (Å²) >= 11 is 2.31. The summed E-state index contributed by atoms with van der Waals surface area (Å²) in [7, 11) is 0. The van der Waals surface area contributed by atoms with E-state index in [1.54, 1.807) is 0 Å². The highest BCUT2D eigenvalue weighted by molar-refractivity contribution is 14.1. The third kappa shape index (κ3) is 3.02. The van der Waals surface area contributed by atoms with Gasteiger partial charge in [-0.2, -0.15) is 5.10 Å². The molecular weight excluding hydrogens is 315 g/mol. The number of hydrogen-bond donors (Lipinski definition) is 2. The van der Waals surface area contributed by atoms with Crippen molar-refractivity contribution in [1.29, 1.82) is 0 Å². The summed E-state index contributed by atoms with van der Waals surface area (Å²) in [5.41, 5.74) is 1.28. The number of benzene rings is 1. The lowest BCUT2D eigenvalue weighted by molar-refractivity contribution is 0.560. The van der Waals surface area contributed by atoms with Crippen LogP contribution in [-0.4, -0.2) is 15.2 Å². The van der Waals surface area contributed by atoms with Crippen LogP contribution >= 0.6 is 22.6 Å². The maximum atomic E-state index is 4.07. The molecule has 0 saturated carbocycles. The van der Waals surface area contributed by atoms with E-state index < -0.39 is 0 Å². The summed E-state index contributed by atoms with van der Waals surface area (Å²) in [6.07, 6.45) is 1.52. The minimum Gasteiger partial charge on any atom is -0.303 e. The van der Waals surface area contributed by atoms with Crippen LogP contribution in [0.5, 0.6) is 0 Å². The maximum absolute atomic E-state index is 4.07. The van der Waals surface area contributed by atoms with Crippen molar-refractivity contribution in [3.63, 3.8) is 0 Å². The van der Waals surface area contributed by atoms with Crippen LogP contribution < -0.4 is 5.32 Å². The Bertz CT molecular complexity index is 424. The molecule has 2 aromatic rings. The van der Waals surface area contributed by atoms with E-state index in [2.05, 4.69) is 74.3 Å². The van der Waals surface area contributed by atoms with Gasteiger partial charge in [0.05, 0.1) is 6.54 Å². The fraction of sp³-hybridized carbons (Fsp3) is 0.273. The molecule has 1 atom stereocenters. The highest BCUT2D eigenvalue weighted by Crippen LogP contribution is 2.14. The normalized spacial score (nSPS) is 12.6. The molecule has 0 bridgehead atoms. The number of aromatic nitrogens is 3. The number of nitrogens with one attached hydrogen (secondary N) is 2. The number of nitrogens with zero attached hydrogens (tertiary/aromatic N) is 2. The Hall–Kier alpha value is -0.950. The quantitative estimate of drug-likeness (QED) is 0.847. The Balaban J connectivity index is 1.93. The summed E-state index contributed by atoms with van der Waals surface area (Å²) in [4.78, 5) is 4.07. The van der Waals surface area contributed by atoms with Gasteiger partial charge in [-0.3, -0.25) is 5.10 Å². The first-order valence-corrected chi connectivity index (χ1v) is 6.16. The monoisotopic (exact) mass is 328 g/mol. The zero-order chi connectivity index (χ0) is 11.4. The molecule has 0 aliphatic rings. The fourth-order valence-electron chi connectivity index (χ4n) is 1.44. The zero-order valence-electron chi connectivity index (χ0n) is 8.94. The lowest BCUT2D eigenvalue weighted by Gasteiger charge is -2.13.